The topological polar surface area (TPSA) is 119 Å². The number of benzene rings is 2. The van der Waals surface area contributed by atoms with Crippen LogP contribution in [0.15, 0.2) is 47.4 Å². The molecule has 0 radical (unpaired) electrons. The molecule has 4 aromatic rings. The molecule has 0 fully saturated rings. The first-order valence-corrected chi connectivity index (χ1v) is 10.7. The molecule has 3 N–H and O–H groups in total. The van der Waals surface area contributed by atoms with Crippen molar-refractivity contribution in [2.24, 2.45) is 0 Å². The zero-order valence-corrected chi connectivity index (χ0v) is 18.9. The molecule has 9 nitrogen and oxygen atoms in total. The van der Waals surface area contributed by atoms with Crippen molar-refractivity contribution in [1.29, 1.82) is 0 Å². The number of halogens is 2. The Morgan fingerprint density at radius 1 is 1.09 bits per heavy atom. The van der Waals surface area contributed by atoms with E-state index in [1.807, 2.05) is 12.1 Å². The maximum atomic E-state index is 12.8. The van der Waals surface area contributed by atoms with Crippen LogP contribution in [0.25, 0.3) is 16.7 Å². The van der Waals surface area contributed by atoms with Gasteiger partial charge in [-0.3, -0.25) is 4.79 Å². The zero-order chi connectivity index (χ0) is 23.3. The maximum absolute atomic E-state index is 12.8. The van der Waals surface area contributed by atoms with Gasteiger partial charge in [0.2, 0.25) is 5.95 Å². The molecule has 2 aromatic heterocycles. The van der Waals surface area contributed by atoms with Crippen molar-refractivity contribution >= 4 is 57.6 Å². The molecule has 0 saturated heterocycles. The predicted molar refractivity (Wildman–Crippen MR) is 128 cm³/mol. The molecular formula is C22H17Cl2N7O2. The lowest BCUT2D eigenvalue weighted by Gasteiger charge is -2.25. The largest absolute Gasteiger partial charge is 0.384 e. The van der Waals surface area contributed by atoms with Crippen LogP contribution in [0.5, 0.6) is 0 Å². The summed E-state index contributed by atoms with van der Waals surface area (Å²) < 4.78 is 1.13. The van der Waals surface area contributed by atoms with Crippen molar-refractivity contribution in [3.63, 3.8) is 0 Å². The van der Waals surface area contributed by atoms with Crippen molar-refractivity contribution in [3.8, 4) is 5.69 Å². The summed E-state index contributed by atoms with van der Waals surface area (Å²) in [6.07, 6.45) is 2.26. The third-order valence-electron chi connectivity index (χ3n) is 5.50. The van der Waals surface area contributed by atoms with Crippen LogP contribution in [0, 0.1) is 0 Å². The highest BCUT2D eigenvalue weighted by Gasteiger charge is 2.22. The van der Waals surface area contributed by atoms with E-state index in [1.54, 1.807) is 36.2 Å². The van der Waals surface area contributed by atoms with E-state index in [0.717, 1.165) is 16.6 Å². The number of aromatic nitrogens is 4. The van der Waals surface area contributed by atoms with Crippen LogP contribution in [0.4, 0.5) is 17.5 Å². The summed E-state index contributed by atoms with van der Waals surface area (Å²) in [6.45, 7) is 0.691. The SMILES string of the molecule is CN1CCc2ccc(Nc3ncc4c(N)n(-c5c(Cl)cccc5Cl)c(=O)nc4n3)cc2C1=O. The van der Waals surface area contributed by atoms with Gasteiger partial charge in [-0.05, 0) is 36.2 Å². The Morgan fingerprint density at radius 2 is 1.85 bits per heavy atom. The Labute approximate surface area is 197 Å². The van der Waals surface area contributed by atoms with Gasteiger partial charge in [0.1, 0.15) is 5.82 Å². The number of anilines is 3. The molecule has 166 valence electrons. The van der Waals surface area contributed by atoms with Gasteiger partial charge in [-0.1, -0.05) is 35.3 Å². The average Bonchev–Trinajstić information content (AvgIpc) is 2.78. The first-order valence-electron chi connectivity index (χ1n) is 9.98. The number of likely N-dealkylation sites (N-methyl/N-ethyl adjacent to an activating group) is 1. The van der Waals surface area contributed by atoms with Crippen LogP contribution in [0.2, 0.25) is 10.0 Å². The Bertz CT molecular complexity index is 1480. The number of rotatable bonds is 3. The van der Waals surface area contributed by atoms with E-state index < -0.39 is 5.69 Å². The van der Waals surface area contributed by atoms with Gasteiger partial charge in [0, 0.05) is 31.0 Å². The van der Waals surface area contributed by atoms with Gasteiger partial charge in [0.15, 0.2) is 5.65 Å². The van der Waals surface area contributed by atoms with Crippen molar-refractivity contribution in [3.05, 3.63) is 74.3 Å². The molecule has 1 aliphatic heterocycles. The Hall–Kier alpha value is -3.69. The van der Waals surface area contributed by atoms with Gasteiger partial charge in [0.25, 0.3) is 5.91 Å². The summed E-state index contributed by atoms with van der Waals surface area (Å²) in [5, 5.41) is 3.93. The molecule has 0 spiro atoms. The van der Waals surface area contributed by atoms with Crippen molar-refractivity contribution in [2.75, 3.05) is 24.6 Å². The van der Waals surface area contributed by atoms with E-state index in [1.165, 1.54) is 6.20 Å². The molecule has 33 heavy (non-hydrogen) atoms. The molecule has 0 saturated carbocycles. The number of carbonyl (C=O) groups is 1. The van der Waals surface area contributed by atoms with E-state index in [4.69, 9.17) is 28.9 Å². The molecular weight excluding hydrogens is 465 g/mol. The molecule has 0 bridgehead atoms. The Balaban J connectivity index is 1.54. The summed E-state index contributed by atoms with van der Waals surface area (Å²) in [5.41, 5.74) is 8.21. The number of nitrogen functional groups attached to an aromatic ring is 1. The standard InChI is InChI=1S/C22H17Cl2N7O2/c1-30-8-7-11-5-6-12(9-13(11)20(30)32)27-21-26-10-14-18(25)31(22(33)29-19(14)28-21)17-15(23)3-2-4-16(17)24/h2-6,9-10H,7-8,25H2,1H3,(H,27,28,29,33). The second-order valence-corrected chi connectivity index (χ2v) is 8.40. The van der Waals surface area contributed by atoms with Crippen LogP contribution in [-0.2, 0) is 6.42 Å². The van der Waals surface area contributed by atoms with Gasteiger partial charge >= 0.3 is 5.69 Å². The fourth-order valence-electron chi connectivity index (χ4n) is 3.78. The number of carbonyl (C=O) groups excluding carboxylic acids is 1. The number of nitrogens with two attached hydrogens (primary N) is 1. The van der Waals surface area contributed by atoms with Gasteiger partial charge in [-0.2, -0.15) is 9.97 Å². The number of nitrogens with zero attached hydrogens (tertiary/aromatic N) is 5. The number of fused-ring (bicyclic) bond motifs is 2. The highest BCUT2D eigenvalue weighted by Crippen LogP contribution is 2.30. The van der Waals surface area contributed by atoms with E-state index in [0.29, 0.717) is 23.2 Å². The van der Waals surface area contributed by atoms with Gasteiger partial charge in [-0.25, -0.2) is 14.3 Å². The second kappa shape index (κ2) is 8.02. The van der Waals surface area contributed by atoms with Gasteiger partial charge < -0.3 is 16.0 Å². The summed E-state index contributed by atoms with van der Waals surface area (Å²) in [6, 6.07) is 10.4. The van der Waals surface area contributed by atoms with Crippen LogP contribution >= 0.6 is 23.2 Å². The van der Waals surface area contributed by atoms with Crippen molar-refractivity contribution < 1.29 is 4.79 Å². The van der Waals surface area contributed by atoms with Crippen molar-refractivity contribution in [2.45, 2.75) is 6.42 Å². The summed E-state index contributed by atoms with van der Waals surface area (Å²) >= 11 is 12.5. The van der Waals surface area contributed by atoms with Crippen molar-refractivity contribution in [1.82, 2.24) is 24.4 Å². The smallest absolute Gasteiger partial charge is 0.355 e. The lowest BCUT2D eigenvalue weighted by molar-refractivity contribution is 0.0781. The molecule has 3 heterocycles. The first kappa shape index (κ1) is 21.2. The molecule has 1 amide bonds. The number of para-hydroxylation sites is 1. The molecule has 11 heteroatoms. The highest BCUT2D eigenvalue weighted by atomic mass is 35.5. The quantitative estimate of drug-likeness (QED) is 0.459. The lowest BCUT2D eigenvalue weighted by atomic mass is 9.99. The fraction of sp³-hybridized carbons (Fsp3) is 0.136. The van der Waals surface area contributed by atoms with E-state index in [-0.39, 0.29) is 39.1 Å². The minimum atomic E-state index is -0.679. The molecule has 1 aliphatic rings. The summed E-state index contributed by atoms with van der Waals surface area (Å²) in [5.74, 6) is 0.236. The maximum Gasteiger partial charge on any atom is 0.355 e. The number of amides is 1. The second-order valence-electron chi connectivity index (χ2n) is 7.59. The molecule has 0 atom stereocenters. The Kier molecular flexibility index (Phi) is 5.15. The molecule has 2 aromatic carbocycles. The van der Waals surface area contributed by atoms with Crippen LogP contribution in [-0.4, -0.2) is 43.9 Å². The van der Waals surface area contributed by atoms with E-state index in [2.05, 4.69) is 20.3 Å². The fourth-order valence-corrected chi connectivity index (χ4v) is 4.34. The Morgan fingerprint density at radius 3 is 2.61 bits per heavy atom. The summed E-state index contributed by atoms with van der Waals surface area (Å²) in [7, 11) is 1.77. The normalized spacial score (nSPS) is 13.3. The zero-order valence-electron chi connectivity index (χ0n) is 17.3. The van der Waals surface area contributed by atoms with Gasteiger partial charge in [0.05, 0.1) is 21.1 Å². The third-order valence-corrected chi connectivity index (χ3v) is 6.11. The molecule has 0 unspecified atom stereocenters. The molecule has 0 aliphatic carbocycles. The van der Waals surface area contributed by atoms with Crippen LogP contribution in [0.1, 0.15) is 15.9 Å². The van der Waals surface area contributed by atoms with Crippen LogP contribution in [0.3, 0.4) is 0 Å². The minimum Gasteiger partial charge on any atom is -0.384 e. The third kappa shape index (κ3) is 3.65. The van der Waals surface area contributed by atoms with Crippen LogP contribution < -0.4 is 16.7 Å². The highest BCUT2D eigenvalue weighted by molar-refractivity contribution is 6.37. The number of nitrogens with one attached hydrogen (secondary N) is 1. The monoisotopic (exact) mass is 481 g/mol. The minimum absolute atomic E-state index is 0.0347. The average molecular weight is 482 g/mol. The first-order chi connectivity index (χ1) is 15.8. The number of hydrogen-bond acceptors (Lipinski definition) is 7. The molecule has 5 rings (SSSR count). The lowest BCUT2D eigenvalue weighted by Crippen LogP contribution is -2.34. The van der Waals surface area contributed by atoms with Gasteiger partial charge in [-0.15, -0.1) is 0 Å². The summed E-state index contributed by atoms with van der Waals surface area (Å²) in [4.78, 5) is 39.6. The van der Waals surface area contributed by atoms with E-state index >= 15 is 0 Å². The predicted octanol–water partition coefficient (Wildman–Crippen LogP) is 3.44. The van der Waals surface area contributed by atoms with E-state index in [9.17, 15) is 9.59 Å². The number of hydrogen-bond donors (Lipinski definition) is 2.